The number of hydrogen-bond acceptors (Lipinski definition) is 11. The molecule has 2 fully saturated rings. The molecule has 0 unspecified atom stereocenters. The summed E-state index contributed by atoms with van der Waals surface area (Å²) in [5.41, 5.74) is 7.14. The molecule has 0 radical (unpaired) electrons. The van der Waals surface area contributed by atoms with Crippen molar-refractivity contribution in [1.29, 1.82) is 0 Å². The minimum atomic E-state index is -3.14. The Hall–Kier alpha value is -2.45. The smallest absolute Gasteiger partial charge is 0.211 e. The summed E-state index contributed by atoms with van der Waals surface area (Å²) in [6, 6.07) is 2.10. The van der Waals surface area contributed by atoms with E-state index in [9.17, 15) is 8.42 Å². The van der Waals surface area contributed by atoms with Gasteiger partial charge in [0.2, 0.25) is 10.0 Å². The lowest BCUT2D eigenvalue weighted by molar-refractivity contribution is 0.122. The van der Waals surface area contributed by atoms with Crippen molar-refractivity contribution in [1.82, 2.24) is 29.1 Å². The van der Waals surface area contributed by atoms with E-state index in [2.05, 4.69) is 25.8 Å². The van der Waals surface area contributed by atoms with Gasteiger partial charge < -0.3 is 15.4 Å². The molecule has 3 aromatic rings. The van der Waals surface area contributed by atoms with E-state index in [1.54, 1.807) is 17.5 Å². The number of nitrogen functional groups attached to an aromatic ring is 1. The molecule has 0 atom stereocenters. The summed E-state index contributed by atoms with van der Waals surface area (Å²) in [5.74, 6) is 1.75. The van der Waals surface area contributed by atoms with Gasteiger partial charge in [-0.2, -0.15) is 4.31 Å². The van der Waals surface area contributed by atoms with E-state index in [1.807, 2.05) is 0 Å². The third kappa shape index (κ3) is 4.92. The fourth-order valence-electron chi connectivity index (χ4n) is 4.04. The SMILES string of the molecule is CS(=O)(=O)N1CCN(Cc2cc3nc(-c4cnc(N)cn4)nc(N4CCOCC4)c3s2)CC1. The van der Waals surface area contributed by atoms with Gasteiger partial charge in [0.1, 0.15) is 11.5 Å². The number of sulfonamides is 1. The van der Waals surface area contributed by atoms with E-state index in [0.29, 0.717) is 56.7 Å². The zero-order valence-corrected chi connectivity index (χ0v) is 20.0. The Morgan fingerprint density at radius 1 is 1.06 bits per heavy atom. The Labute approximate surface area is 196 Å². The molecule has 5 rings (SSSR count). The van der Waals surface area contributed by atoms with Crippen LogP contribution in [-0.4, -0.2) is 96.3 Å². The molecule has 3 aromatic heterocycles. The van der Waals surface area contributed by atoms with Crippen molar-refractivity contribution < 1.29 is 13.2 Å². The van der Waals surface area contributed by atoms with E-state index < -0.39 is 10.0 Å². The van der Waals surface area contributed by atoms with Gasteiger partial charge in [0.15, 0.2) is 11.6 Å². The van der Waals surface area contributed by atoms with Crippen LogP contribution in [0.2, 0.25) is 0 Å². The van der Waals surface area contributed by atoms with Crippen molar-refractivity contribution in [3.8, 4) is 11.5 Å². The maximum atomic E-state index is 11.8. The number of ether oxygens (including phenoxy) is 1. The number of aromatic nitrogens is 4. The quantitative estimate of drug-likeness (QED) is 0.544. The van der Waals surface area contributed by atoms with E-state index >= 15 is 0 Å². The van der Waals surface area contributed by atoms with E-state index in [0.717, 1.165) is 35.7 Å². The van der Waals surface area contributed by atoms with Gasteiger partial charge in [-0.05, 0) is 6.07 Å². The number of nitrogens with zero attached hydrogens (tertiary/aromatic N) is 7. The van der Waals surface area contributed by atoms with Crippen molar-refractivity contribution in [3.05, 3.63) is 23.3 Å². The van der Waals surface area contributed by atoms with Crippen LogP contribution in [0.25, 0.3) is 21.7 Å². The van der Waals surface area contributed by atoms with Crippen molar-refractivity contribution >= 4 is 43.2 Å². The molecule has 2 aliphatic heterocycles. The predicted octanol–water partition coefficient (Wildman–Crippen LogP) is 0.644. The lowest BCUT2D eigenvalue weighted by Crippen LogP contribution is -2.47. The summed E-state index contributed by atoms with van der Waals surface area (Å²) < 4.78 is 31.7. The van der Waals surface area contributed by atoms with Crippen LogP contribution in [0.3, 0.4) is 0 Å². The summed E-state index contributed by atoms with van der Waals surface area (Å²) in [4.78, 5) is 23.8. The summed E-state index contributed by atoms with van der Waals surface area (Å²) in [7, 11) is -3.14. The Morgan fingerprint density at radius 2 is 1.82 bits per heavy atom. The van der Waals surface area contributed by atoms with Gasteiger partial charge in [-0.25, -0.2) is 28.4 Å². The van der Waals surface area contributed by atoms with Crippen LogP contribution in [0.5, 0.6) is 0 Å². The van der Waals surface area contributed by atoms with Gasteiger partial charge in [0, 0.05) is 50.7 Å². The fourth-order valence-corrected chi connectivity index (χ4v) is 6.02. The lowest BCUT2D eigenvalue weighted by atomic mass is 10.3. The monoisotopic (exact) mass is 490 g/mol. The van der Waals surface area contributed by atoms with Gasteiger partial charge in [-0.3, -0.25) is 4.90 Å². The van der Waals surface area contributed by atoms with Crippen LogP contribution in [-0.2, 0) is 21.3 Å². The molecular weight excluding hydrogens is 464 g/mol. The maximum Gasteiger partial charge on any atom is 0.211 e. The van der Waals surface area contributed by atoms with E-state index in [-0.39, 0.29) is 0 Å². The highest BCUT2D eigenvalue weighted by molar-refractivity contribution is 7.88. The number of nitrogens with two attached hydrogens (primary N) is 1. The van der Waals surface area contributed by atoms with Crippen LogP contribution >= 0.6 is 11.3 Å². The van der Waals surface area contributed by atoms with Gasteiger partial charge in [0.25, 0.3) is 0 Å². The van der Waals surface area contributed by atoms with Crippen molar-refractivity contribution in [3.63, 3.8) is 0 Å². The average Bonchev–Trinajstić information content (AvgIpc) is 3.21. The minimum absolute atomic E-state index is 0.349. The van der Waals surface area contributed by atoms with Crippen molar-refractivity contribution in [2.45, 2.75) is 6.54 Å². The first-order valence-electron chi connectivity index (χ1n) is 10.8. The van der Waals surface area contributed by atoms with Crippen molar-refractivity contribution in [2.75, 3.05) is 69.4 Å². The molecule has 11 nitrogen and oxygen atoms in total. The van der Waals surface area contributed by atoms with Crippen LogP contribution in [0.4, 0.5) is 11.6 Å². The molecule has 0 saturated carbocycles. The first-order valence-corrected chi connectivity index (χ1v) is 13.4. The molecule has 33 heavy (non-hydrogen) atoms. The van der Waals surface area contributed by atoms with Crippen molar-refractivity contribution in [2.24, 2.45) is 0 Å². The second-order valence-corrected chi connectivity index (χ2v) is 11.3. The third-order valence-corrected chi connectivity index (χ3v) is 8.20. The number of fused-ring (bicyclic) bond motifs is 1. The third-order valence-electron chi connectivity index (χ3n) is 5.80. The van der Waals surface area contributed by atoms with Crippen LogP contribution in [0.15, 0.2) is 18.5 Å². The Morgan fingerprint density at radius 3 is 2.48 bits per heavy atom. The number of rotatable bonds is 5. The molecular formula is C20H26N8O3S2. The van der Waals surface area contributed by atoms with Gasteiger partial charge >= 0.3 is 0 Å². The first kappa shape index (κ1) is 22.3. The zero-order valence-electron chi connectivity index (χ0n) is 18.3. The molecule has 0 amide bonds. The zero-order chi connectivity index (χ0) is 23.0. The average molecular weight is 491 g/mol. The lowest BCUT2D eigenvalue weighted by Gasteiger charge is -2.32. The Bertz CT molecular complexity index is 1230. The fraction of sp³-hybridized carbons (Fsp3) is 0.500. The summed E-state index contributed by atoms with van der Waals surface area (Å²) >= 11 is 1.69. The van der Waals surface area contributed by atoms with Crippen LogP contribution in [0, 0.1) is 0 Å². The van der Waals surface area contributed by atoms with E-state index in [1.165, 1.54) is 21.6 Å². The van der Waals surface area contributed by atoms with Gasteiger partial charge in [0.05, 0.1) is 42.1 Å². The number of piperazine rings is 1. The normalized spacial score (nSPS) is 18.8. The summed E-state index contributed by atoms with van der Waals surface area (Å²) in [6.45, 7) is 6.03. The topological polar surface area (TPSA) is 131 Å². The number of thiophene rings is 1. The molecule has 176 valence electrons. The molecule has 2 aliphatic rings. The Kier molecular flexibility index (Phi) is 6.14. The Balaban J connectivity index is 1.45. The summed E-state index contributed by atoms with van der Waals surface area (Å²) in [6.07, 6.45) is 4.37. The maximum absolute atomic E-state index is 11.8. The van der Waals surface area contributed by atoms with Crippen LogP contribution in [0.1, 0.15) is 4.88 Å². The highest BCUT2D eigenvalue weighted by Gasteiger charge is 2.25. The number of anilines is 2. The second kappa shape index (κ2) is 9.06. The number of hydrogen-bond donors (Lipinski definition) is 1. The second-order valence-electron chi connectivity index (χ2n) is 8.16. The molecule has 5 heterocycles. The predicted molar refractivity (Wildman–Crippen MR) is 128 cm³/mol. The van der Waals surface area contributed by atoms with E-state index in [4.69, 9.17) is 20.4 Å². The highest BCUT2D eigenvalue weighted by atomic mass is 32.2. The molecule has 2 saturated heterocycles. The highest BCUT2D eigenvalue weighted by Crippen LogP contribution is 2.34. The molecule has 2 N–H and O–H groups in total. The molecule has 0 bridgehead atoms. The van der Waals surface area contributed by atoms with Crippen LogP contribution < -0.4 is 10.6 Å². The molecule has 0 spiro atoms. The van der Waals surface area contributed by atoms with Gasteiger partial charge in [-0.15, -0.1) is 11.3 Å². The molecule has 0 aliphatic carbocycles. The summed E-state index contributed by atoms with van der Waals surface area (Å²) in [5, 5.41) is 0. The first-order chi connectivity index (χ1) is 15.9. The molecule has 0 aromatic carbocycles. The minimum Gasteiger partial charge on any atom is -0.382 e. The number of morpholine rings is 1. The van der Waals surface area contributed by atoms with Gasteiger partial charge in [-0.1, -0.05) is 0 Å². The molecule has 13 heteroatoms. The largest absolute Gasteiger partial charge is 0.382 e. The standard InChI is InChI=1S/C20H26N8O3S2/c1-33(29,30)28-4-2-26(3-5-28)13-14-10-15-18(32-14)20(27-6-8-31-9-7-27)25-19(24-15)16-11-23-17(21)12-22-16/h10-12H,2-9,13H2,1H3,(H2,21,23).